The zero-order valence-electron chi connectivity index (χ0n) is 18.8. The minimum absolute atomic E-state index is 0.398. The Morgan fingerprint density at radius 3 is 1.41 bits per heavy atom. The van der Waals surface area contributed by atoms with Crippen LogP contribution in [0.1, 0.15) is 126 Å². The van der Waals surface area contributed by atoms with Gasteiger partial charge in [-0.1, -0.05) is 110 Å². The summed E-state index contributed by atoms with van der Waals surface area (Å²) in [5.74, 6) is 0. The van der Waals surface area contributed by atoms with Crippen molar-refractivity contribution in [1.29, 1.82) is 0 Å². The van der Waals surface area contributed by atoms with Crippen LogP contribution < -0.4 is 5.32 Å². The molecule has 0 spiro atoms. The Morgan fingerprint density at radius 2 is 1.03 bits per heavy atom. The maximum Gasteiger partial charge on any atom is 0.252 e. The highest BCUT2D eigenvalue weighted by molar-refractivity contribution is 6.67. The van der Waals surface area contributed by atoms with Crippen molar-refractivity contribution in [3.8, 4) is 0 Å². The lowest BCUT2D eigenvalue weighted by atomic mass is 10.0. The zero-order chi connectivity index (χ0) is 21.0. The van der Waals surface area contributed by atoms with Gasteiger partial charge in [0.05, 0.1) is 0 Å². The first kappa shape index (κ1) is 26.0. The summed E-state index contributed by atoms with van der Waals surface area (Å²) >= 11 is 5.45. The molecule has 0 bridgehead atoms. The lowest BCUT2D eigenvalue weighted by molar-refractivity contribution is 0.108. The maximum atomic E-state index is 11.0. The second kappa shape index (κ2) is 19.0. The van der Waals surface area contributed by atoms with Crippen LogP contribution in [0.3, 0.4) is 0 Å². The molecule has 1 aromatic carbocycles. The molecule has 0 saturated heterocycles. The van der Waals surface area contributed by atoms with E-state index in [0.29, 0.717) is 5.56 Å². The van der Waals surface area contributed by atoms with Crippen LogP contribution in [0.5, 0.6) is 0 Å². The predicted molar refractivity (Wildman–Crippen MR) is 129 cm³/mol. The van der Waals surface area contributed by atoms with Gasteiger partial charge >= 0.3 is 0 Å². The summed E-state index contributed by atoms with van der Waals surface area (Å²) in [5, 5.41) is 3.01. The Balaban J connectivity index is 1.77. The normalized spacial score (nSPS) is 11.0. The third-order valence-electron chi connectivity index (χ3n) is 5.72. The SMILES string of the molecule is CCCCCCCCCCCCCCCCCCCNc1ccc(C(=O)Cl)cc1. The van der Waals surface area contributed by atoms with Crippen LogP contribution in [0.2, 0.25) is 0 Å². The van der Waals surface area contributed by atoms with Gasteiger partial charge in [-0.05, 0) is 42.3 Å². The van der Waals surface area contributed by atoms with Gasteiger partial charge in [0.15, 0.2) is 0 Å². The van der Waals surface area contributed by atoms with Crippen LogP contribution in [-0.2, 0) is 0 Å². The average molecular weight is 422 g/mol. The first-order chi connectivity index (χ1) is 14.2. The first-order valence-corrected chi connectivity index (χ1v) is 12.7. The lowest BCUT2D eigenvalue weighted by Gasteiger charge is -2.07. The van der Waals surface area contributed by atoms with Crippen LogP contribution in [0, 0.1) is 0 Å². The number of halogens is 1. The molecule has 0 saturated carbocycles. The van der Waals surface area contributed by atoms with Gasteiger partial charge in [0.1, 0.15) is 0 Å². The van der Waals surface area contributed by atoms with Crippen molar-refractivity contribution >= 4 is 22.5 Å². The molecule has 29 heavy (non-hydrogen) atoms. The molecule has 0 radical (unpaired) electrons. The fourth-order valence-corrected chi connectivity index (χ4v) is 3.93. The summed E-state index contributed by atoms with van der Waals surface area (Å²) in [6.45, 7) is 3.28. The first-order valence-electron chi connectivity index (χ1n) is 12.3. The number of carbonyl (C=O) groups excluding carboxylic acids is 1. The molecule has 0 aliphatic carbocycles. The van der Waals surface area contributed by atoms with Gasteiger partial charge in [-0.2, -0.15) is 0 Å². The number of anilines is 1. The van der Waals surface area contributed by atoms with Gasteiger partial charge in [-0.3, -0.25) is 4.79 Å². The monoisotopic (exact) mass is 421 g/mol. The Hall–Kier alpha value is -1.02. The standard InChI is InChI=1S/C26H44ClNO/c1-2-3-4-5-6-7-8-9-10-11-12-13-14-15-16-17-18-23-28-25-21-19-24(20-22-25)26(27)29/h19-22,28H,2-18,23H2,1H3. The Morgan fingerprint density at radius 1 is 0.655 bits per heavy atom. The lowest BCUT2D eigenvalue weighted by Crippen LogP contribution is -2.01. The smallest absolute Gasteiger partial charge is 0.252 e. The highest BCUT2D eigenvalue weighted by Crippen LogP contribution is 2.15. The fraction of sp³-hybridized carbons (Fsp3) is 0.731. The van der Waals surface area contributed by atoms with Crippen LogP contribution in [0.25, 0.3) is 0 Å². The van der Waals surface area contributed by atoms with Gasteiger partial charge in [-0.15, -0.1) is 0 Å². The molecule has 0 amide bonds. The fourth-order valence-electron chi connectivity index (χ4n) is 3.80. The molecule has 0 heterocycles. The number of nitrogens with one attached hydrogen (secondary N) is 1. The highest BCUT2D eigenvalue weighted by Gasteiger charge is 2.00. The van der Waals surface area contributed by atoms with Gasteiger partial charge in [0, 0.05) is 17.8 Å². The molecule has 0 aromatic heterocycles. The second-order valence-corrected chi connectivity index (χ2v) is 8.78. The van der Waals surface area contributed by atoms with E-state index in [-0.39, 0.29) is 0 Å². The van der Waals surface area contributed by atoms with Crippen molar-refractivity contribution in [2.75, 3.05) is 11.9 Å². The summed E-state index contributed by atoms with van der Waals surface area (Å²) in [5.41, 5.74) is 1.61. The number of hydrogen-bond donors (Lipinski definition) is 1. The number of carbonyl (C=O) groups is 1. The third kappa shape index (κ3) is 15.5. The van der Waals surface area contributed by atoms with Crippen molar-refractivity contribution < 1.29 is 4.79 Å². The van der Waals surface area contributed by atoms with E-state index >= 15 is 0 Å². The van der Waals surface area contributed by atoms with Crippen molar-refractivity contribution in [3.63, 3.8) is 0 Å². The van der Waals surface area contributed by atoms with Crippen LogP contribution in [0.4, 0.5) is 5.69 Å². The molecule has 0 aliphatic heterocycles. The van der Waals surface area contributed by atoms with E-state index in [1.165, 1.54) is 109 Å². The Kier molecular flexibility index (Phi) is 17.0. The van der Waals surface area contributed by atoms with Crippen molar-refractivity contribution in [2.24, 2.45) is 0 Å². The van der Waals surface area contributed by atoms with Gasteiger partial charge in [0.2, 0.25) is 0 Å². The molecule has 0 aliphatic rings. The molecule has 0 atom stereocenters. The summed E-state index contributed by atoms with van der Waals surface area (Å²) in [6, 6.07) is 7.38. The minimum atomic E-state index is -0.398. The molecule has 0 fully saturated rings. The van der Waals surface area contributed by atoms with E-state index in [1.807, 2.05) is 12.1 Å². The molecule has 0 unspecified atom stereocenters. The summed E-state index contributed by atoms with van der Waals surface area (Å²) in [4.78, 5) is 11.0. The maximum absolute atomic E-state index is 11.0. The van der Waals surface area contributed by atoms with Crippen LogP contribution in [0.15, 0.2) is 24.3 Å². The molecule has 1 rings (SSSR count). The molecule has 1 N–H and O–H groups in total. The van der Waals surface area contributed by atoms with Crippen molar-refractivity contribution in [1.82, 2.24) is 0 Å². The van der Waals surface area contributed by atoms with Gasteiger partial charge in [0.25, 0.3) is 5.24 Å². The van der Waals surface area contributed by atoms with E-state index in [1.54, 1.807) is 12.1 Å². The minimum Gasteiger partial charge on any atom is -0.385 e. The zero-order valence-corrected chi connectivity index (χ0v) is 19.6. The van der Waals surface area contributed by atoms with Gasteiger partial charge < -0.3 is 5.32 Å². The molecular formula is C26H44ClNO. The van der Waals surface area contributed by atoms with E-state index < -0.39 is 5.24 Å². The Bertz CT molecular complexity index is 500. The van der Waals surface area contributed by atoms with E-state index in [9.17, 15) is 4.79 Å². The molecule has 1 aromatic rings. The second-order valence-electron chi connectivity index (χ2n) is 8.43. The highest BCUT2D eigenvalue weighted by atomic mass is 35.5. The van der Waals surface area contributed by atoms with E-state index in [2.05, 4.69) is 12.2 Å². The average Bonchev–Trinajstić information content (AvgIpc) is 2.73. The molecule has 2 nitrogen and oxygen atoms in total. The van der Waals surface area contributed by atoms with Crippen molar-refractivity contribution in [2.45, 2.75) is 116 Å². The van der Waals surface area contributed by atoms with Crippen molar-refractivity contribution in [3.05, 3.63) is 29.8 Å². The molecular weight excluding hydrogens is 378 g/mol. The number of rotatable bonds is 20. The number of hydrogen-bond acceptors (Lipinski definition) is 2. The van der Waals surface area contributed by atoms with E-state index in [0.717, 1.165) is 12.2 Å². The predicted octanol–water partition coefficient (Wildman–Crippen LogP) is 9.13. The summed E-state index contributed by atoms with van der Waals surface area (Å²) in [7, 11) is 0. The summed E-state index contributed by atoms with van der Waals surface area (Å²) in [6.07, 6.45) is 23.8. The van der Waals surface area contributed by atoms with Crippen LogP contribution in [-0.4, -0.2) is 11.8 Å². The quantitative estimate of drug-likeness (QED) is 0.168. The topological polar surface area (TPSA) is 29.1 Å². The van der Waals surface area contributed by atoms with E-state index in [4.69, 9.17) is 11.6 Å². The molecule has 3 heteroatoms. The number of unbranched alkanes of at least 4 members (excludes halogenated alkanes) is 16. The van der Waals surface area contributed by atoms with Gasteiger partial charge in [-0.25, -0.2) is 0 Å². The third-order valence-corrected chi connectivity index (χ3v) is 5.94. The van der Waals surface area contributed by atoms with Crippen LogP contribution >= 0.6 is 11.6 Å². The summed E-state index contributed by atoms with van der Waals surface area (Å²) < 4.78 is 0. The largest absolute Gasteiger partial charge is 0.385 e. The Labute approximate surface area is 185 Å². The molecule has 166 valence electrons. The number of benzene rings is 1.